The van der Waals surface area contributed by atoms with Gasteiger partial charge in [0.2, 0.25) is 0 Å². The Hall–Kier alpha value is -4.99. The summed E-state index contributed by atoms with van der Waals surface area (Å²) in [6.45, 7) is 0. The van der Waals surface area contributed by atoms with Crippen LogP contribution < -0.4 is 4.90 Å². The molecule has 5 nitrogen and oxygen atoms in total. The first-order valence-electron chi connectivity index (χ1n) is 13.5. The normalized spacial score (nSPS) is 11.1. The van der Waals surface area contributed by atoms with E-state index in [1.165, 1.54) is 5.39 Å². The molecule has 2 aromatic heterocycles. The molecular formula is C36H23N5Pt. The van der Waals surface area contributed by atoms with E-state index in [9.17, 15) is 0 Å². The smallest absolute Gasteiger partial charge is 0.358 e. The van der Waals surface area contributed by atoms with Crippen LogP contribution in [0.15, 0.2) is 140 Å². The number of anilines is 3. The molecule has 0 aliphatic heterocycles. The van der Waals surface area contributed by atoms with Crippen LogP contribution in [0, 0.1) is 12.1 Å². The molecule has 0 bridgehead atoms. The first-order chi connectivity index (χ1) is 20.3. The maximum absolute atomic E-state index is 4.80. The average Bonchev–Trinajstić information content (AvgIpc) is 3.67. The maximum Gasteiger partial charge on any atom is 2.00 e. The van der Waals surface area contributed by atoms with Crippen molar-refractivity contribution in [3.8, 4) is 11.4 Å². The van der Waals surface area contributed by atoms with Gasteiger partial charge in [-0.15, -0.1) is 36.4 Å². The van der Waals surface area contributed by atoms with Gasteiger partial charge in [-0.3, -0.25) is 9.36 Å². The molecule has 0 spiro atoms. The zero-order valence-electron chi connectivity index (χ0n) is 22.3. The van der Waals surface area contributed by atoms with E-state index in [2.05, 4.69) is 95.9 Å². The van der Waals surface area contributed by atoms with Crippen LogP contribution in [0.5, 0.6) is 0 Å². The van der Waals surface area contributed by atoms with Crippen molar-refractivity contribution in [1.82, 2.24) is 19.6 Å². The third-order valence-corrected chi connectivity index (χ3v) is 7.34. The van der Waals surface area contributed by atoms with E-state index in [0.717, 1.165) is 55.6 Å². The van der Waals surface area contributed by atoms with Gasteiger partial charge in [0.15, 0.2) is 0 Å². The molecular weight excluding hydrogens is 698 g/mol. The molecule has 0 unspecified atom stereocenters. The van der Waals surface area contributed by atoms with Gasteiger partial charge in [0.05, 0.1) is 11.0 Å². The first-order valence-corrected chi connectivity index (χ1v) is 13.5. The maximum atomic E-state index is 4.80. The van der Waals surface area contributed by atoms with Crippen LogP contribution in [-0.4, -0.2) is 19.6 Å². The topological polar surface area (TPSA) is 38.9 Å². The molecule has 0 amide bonds. The van der Waals surface area contributed by atoms with Crippen LogP contribution in [-0.2, 0) is 21.1 Å². The van der Waals surface area contributed by atoms with Crippen molar-refractivity contribution in [3.63, 3.8) is 0 Å². The fourth-order valence-electron chi connectivity index (χ4n) is 5.39. The zero-order valence-corrected chi connectivity index (χ0v) is 24.6. The molecule has 0 saturated heterocycles. The summed E-state index contributed by atoms with van der Waals surface area (Å²) in [4.78, 5) is 2.21. The Labute approximate surface area is 257 Å². The molecule has 202 valence electrons. The quantitative estimate of drug-likeness (QED) is 0.167. The van der Waals surface area contributed by atoms with Crippen LogP contribution in [0.4, 0.5) is 17.1 Å². The van der Waals surface area contributed by atoms with Crippen molar-refractivity contribution in [2.24, 2.45) is 0 Å². The van der Waals surface area contributed by atoms with Gasteiger partial charge in [-0.2, -0.15) is 22.3 Å². The number of hydrogen-bond donors (Lipinski definition) is 0. The summed E-state index contributed by atoms with van der Waals surface area (Å²) in [5.74, 6) is 0. The van der Waals surface area contributed by atoms with Crippen LogP contribution in [0.25, 0.3) is 44.0 Å². The third kappa shape index (κ3) is 4.58. The SMILES string of the molecule is [Pt+2].[c-]1c(N(c2[c-]c(-n3cc4ccccc4n3)ccc2)c2cccc3ccccc23)cccc1-n1cc2ccccc2n1. The summed E-state index contributed by atoms with van der Waals surface area (Å²) in [7, 11) is 0. The summed E-state index contributed by atoms with van der Waals surface area (Å²) in [6.07, 6.45) is 4.09. The molecule has 0 N–H and O–H groups in total. The molecule has 42 heavy (non-hydrogen) atoms. The molecule has 0 aliphatic carbocycles. The minimum atomic E-state index is 0. The number of aromatic nitrogens is 4. The van der Waals surface area contributed by atoms with Gasteiger partial charge in [-0.05, 0) is 35.0 Å². The number of benzene rings is 6. The minimum Gasteiger partial charge on any atom is -0.358 e. The van der Waals surface area contributed by atoms with Crippen LogP contribution in [0.3, 0.4) is 0 Å². The standard InChI is InChI=1S/C36H23N5.Pt/c1-4-18-33-26(10-1)13-7-21-36(33)41(31-16-8-14-29(22-31)39-24-27-11-2-5-19-34(27)37-39)32-17-9-15-30(23-32)40-25-28-12-3-6-20-35(28)38-40;/h1-21,24-25H;/q-2;+2. The van der Waals surface area contributed by atoms with E-state index >= 15 is 0 Å². The molecule has 0 saturated carbocycles. The molecule has 0 atom stereocenters. The predicted octanol–water partition coefficient (Wildman–Crippen LogP) is 8.59. The number of nitrogens with zero attached hydrogens (tertiary/aromatic N) is 5. The molecule has 8 aromatic rings. The zero-order chi connectivity index (χ0) is 27.2. The Morgan fingerprint density at radius 1 is 0.476 bits per heavy atom. The summed E-state index contributed by atoms with van der Waals surface area (Å²) >= 11 is 0. The van der Waals surface area contributed by atoms with E-state index < -0.39 is 0 Å². The van der Waals surface area contributed by atoms with E-state index in [1.807, 2.05) is 70.3 Å². The predicted molar refractivity (Wildman–Crippen MR) is 166 cm³/mol. The van der Waals surface area contributed by atoms with Gasteiger partial charge < -0.3 is 4.90 Å². The fraction of sp³-hybridized carbons (Fsp3) is 0. The minimum absolute atomic E-state index is 0. The number of rotatable bonds is 5. The van der Waals surface area contributed by atoms with Crippen molar-refractivity contribution in [3.05, 3.63) is 152 Å². The number of fused-ring (bicyclic) bond motifs is 3. The largest absolute Gasteiger partial charge is 2.00 e. The second kappa shape index (κ2) is 10.8. The summed E-state index contributed by atoms with van der Waals surface area (Å²) in [5.41, 5.74) is 6.43. The summed E-state index contributed by atoms with van der Waals surface area (Å²) in [6, 6.07) is 50.7. The van der Waals surface area contributed by atoms with Crippen molar-refractivity contribution >= 4 is 49.6 Å². The molecule has 8 rings (SSSR count). The molecule has 0 aliphatic rings. The van der Waals surface area contributed by atoms with E-state index in [4.69, 9.17) is 10.2 Å². The van der Waals surface area contributed by atoms with Crippen LogP contribution >= 0.6 is 0 Å². The van der Waals surface area contributed by atoms with Crippen molar-refractivity contribution in [1.29, 1.82) is 0 Å². The van der Waals surface area contributed by atoms with Gasteiger partial charge in [0.25, 0.3) is 0 Å². The Kier molecular flexibility index (Phi) is 6.65. The van der Waals surface area contributed by atoms with Gasteiger partial charge in [-0.1, -0.05) is 84.2 Å². The second-order valence-corrected chi connectivity index (χ2v) is 9.94. The van der Waals surface area contributed by atoms with Crippen molar-refractivity contribution in [2.75, 3.05) is 4.90 Å². The molecule has 2 heterocycles. The van der Waals surface area contributed by atoms with Crippen LogP contribution in [0.1, 0.15) is 0 Å². The number of hydrogen-bond acceptors (Lipinski definition) is 3. The Morgan fingerprint density at radius 3 is 1.52 bits per heavy atom. The second-order valence-electron chi connectivity index (χ2n) is 9.94. The summed E-state index contributed by atoms with van der Waals surface area (Å²) in [5, 5.41) is 14.1. The molecule has 6 aromatic carbocycles. The first kappa shape index (κ1) is 25.9. The Balaban J connectivity index is 0.00000288. The van der Waals surface area contributed by atoms with Crippen LogP contribution in [0.2, 0.25) is 0 Å². The molecule has 6 heteroatoms. The average molecular weight is 721 g/mol. The monoisotopic (exact) mass is 720 g/mol. The van der Waals surface area contributed by atoms with Gasteiger partial charge in [0, 0.05) is 34.2 Å². The van der Waals surface area contributed by atoms with Crippen molar-refractivity contribution in [2.45, 2.75) is 0 Å². The van der Waals surface area contributed by atoms with Gasteiger partial charge in [0.1, 0.15) is 0 Å². The third-order valence-electron chi connectivity index (χ3n) is 7.34. The Bertz CT molecular complexity index is 2010. The van der Waals surface area contributed by atoms with E-state index in [-0.39, 0.29) is 21.1 Å². The Morgan fingerprint density at radius 2 is 0.952 bits per heavy atom. The van der Waals surface area contributed by atoms with Gasteiger partial charge >= 0.3 is 21.1 Å². The van der Waals surface area contributed by atoms with E-state index in [0.29, 0.717) is 0 Å². The van der Waals surface area contributed by atoms with Gasteiger partial charge in [-0.25, -0.2) is 0 Å². The van der Waals surface area contributed by atoms with E-state index in [1.54, 1.807) is 0 Å². The fourth-order valence-corrected chi connectivity index (χ4v) is 5.39. The molecule has 0 fully saturated rings. The van der Waals surface area contributed by atoms with Crippen molar-refractivity contribution < 1.29 is 21.1 Å². The molecule has 0 radical (unpaired) electrons. The summed E-state index contributed by atoms with van der Waals surface area (Å²) < 4.78 is 3.79.